The Morgan fingerprint density at radius 2 is 2.30 bits per heavy atom. The van der Waals surface area contributed by atoms with Gasteiger partial charge in [0, 0.05) is 50.2 Å². The molecule has 2 N–H and O–H groups in total. The minimum absolute atomic E-state index is 0.304. The molecule has 0 amide bonds. The van der Waals surface area contributed by atoms with Gasteiger partial charge >= 0.3 is 0 Å². The number of nitriles is 1. The van der Waals surface area contributed by atoms with Gasteiger partial charge in [-0.3, -0.25) is 4.99 Å². The first kappa shape index (κ1) is 19.2. The highest BCUT2D eigenvalue weighted by molar-refractivity contribution is 7.11. The topological polar surface area (TPSA) is 76.3 Å². The van der Waals surface area contributed by atoms with Gasteiger partial charge in [-0.1, -0.05) is 12.1 Å². The van der Waals surface area contributed by atoms with Crippen molar-refractivity contribution < 1.29 is 0 Å². The third kappa shape index (κ3) is 5.20. The average Bonchev–Trinajstić information content (AvgIpc) is 3.12. The Morgan fingerprint density at radius 1 is 1.44 bits per heavy atom. The Morgan fingerprint density at radius 3 is 3.04 bits per heavy atom. The van der Waals surface area contributed by atoms with Crippen LogP contribution >= 0.6 is 11.3 Å². The first-order valence-electron chi connectivity index (χ1n) is 9.32. The van der Waals surface area contributed by atoms with Gasteiger partial charge in [0.1, 0.15) is 6.07 Å². The molecular weight excluding hydrogens is 356 g/mol. The van der Waals surface area contributed by atoms with Crippen LogP contribution in [-0.4, -0.2) is 43.7 Å². The first-order chi connectivity index (χ1) is 13.2. The average molecular weight is 383 g/mol. The standard InChI is InChI=1S/C20H26N6S/c1-15-13-24-19(27-15)9-10-23-20(22-2)25-17-7-5-11-26(14-17)18-8-4-3-6-16(18)12-21/h3-4,6,8,13,17H,5,7,9-11,14H2,1-2H3,(H2,22,23,25). The molecular formula is C20H26N6S. The second kappa shape index (κ2) is 9.38. The number of hydrogen-bond acceptors (Lipinski definition) is 5. The van der Waals surface area contributed by atoms with E-state index in [4.69, 9.17) is 0 Å². The Balaban J connectivity index is 1.53. The van der Waals surface area contributed by atoms with Crippen LogP contribution in [0.3, 0.4) is 0 Å². The van der Waals surface area contributed by atoms with E-state index in [1.807, 2.05) is 30.5 Å². The van der Waals surface area contributed by atoms with Crippen molar-refractivity contribution in [1.82, 2.24) is 15.6 Å². The first-order valence-corrected chi connectivity index (χ1v) is 10.1. The number of aryl methyl sites for hydroxylation is 1. The van der Waals surface area contributed by atoms with Gasteiger partial charge < -0.3 is 15.5 Å². The molecule has 0 saturated carbocycles. The van der Waals surface area contributed by atoms with Crippen molar-refractivity contribution in [1.29, 1.82) is 5.26 Å². The number of thiazole rings is 1. The van der Waals surface area contributed by atoms with Crippen LogP contribution in [-0.2, 0) is 6.42 Å². The molecule has 0 aliphatic carbocycles. The number of aliphatic imine (C=N–C) groups is 1. The van der Waals surface area contributed by atoms with E-state index in [2.05, 4.69) is 38.5 Å². The SMILES string of the molecule is CN=C(NCCc1ncc(C)s1)NC1CCCN(c2ccccc2C#N)C1. The smallest absolute Gasteiger partial charge is 0.191 e. The minimum atomic E-state index is 0.304. The zero-order valence-corrected chi connectivity index (χ0v) is 16.7. The normalized spacial score (nSPS) is 17.4. The molecule has 1 aromatic heterocycles. The van der Waals surface area contributed by atoms with E-state index in [-0.39, 0.29) is 0 Å². The maximum Gasteiger partial charge on any atom is 0.191 e. The fraction of sp³-hybridized carbons (Fsp3) is 0.450. The van der Waals surface area contributed by atoms with E-state index >= 15 is 0 Å². The zero-order valence-electron chi connectivity index (χ0n) is 15.9. The van der Waals surface area contributed by atoms with Crippen molar-refractivity contribution in [2.75, 3.05) is 31.6 Å². The molecule has 1 aliphatic rings. The lowest BCUT2D eigenvalue weighted by Gasteiger charge is -2.35. The molecule has 1 aromatic carbocycles. The fourth-order valence-corrected chi connectivity index (χ4v) is 4.14. The summed E-state index contributed by atoms with van der Waals surface area (Å²) in [5.41, 5.74) is 1.76. The van der Waals surface area contributed by atoms with Crippen LogP contribution in [0.2, 0.25) is 0 Å². The summed E-state index contributed by atoms with van der Waals surface area (Å²) in [5, 5.41) is 17.4. The van der Waals surface area contributed by atoms with Crippen LogP contribution in [0.4, 0.5) is 5.69 Å². The van der Waals surface area contributed by atoms with Crippen LogP contribution in [0.25, 0.3) is 0 Å². The van der Waals surface area contributed by atoms with E-state index in [9.17, 15) is 5.26 Å². The van der Waals surface area contributed by atoms with Gasteiger partial charge in [0.15, 0.2) is 5.96 Å². The number of hydrogen-bond donors (Lipinski definition) is 2. The summed E-state index contributed by atoms with van der Waals surface area (Å²) in [4.78, 5) is 12.3. The molecule has 0 spiro atoms. The van der Waals surface area contributed by atoms with Crippen molar-refractivity contribution in [3.8, 4) is 6.07 Å². The fourth-order valence-electron chi connectivity index (χ4n) is 3.35. The number of aromatic nitrogens is 1. The van der Waals surface area contributed by atoms with E-state index in [0.29, 0.717) is 6.04 Å². The predicted molar refractivity (Wildman–Crippen MR) is 111 cm³/mol. The molecule has 27 heavy (non-hydrogen) atoms. The summed E-state index contributed by atoms with van der Waals surface area (Å²) in [6, 6.07) is 10.4. The largest absolute Gasteiger partial charge is 0.368 e. The summed E-state index contributed by atoms with van der Waals surface area (Å²) < 4.78 is 0. The van der Waals surface area contributed by atoms with Crippen LogP contribution in [0.1, 0.15) is 28.3 Å². The highest BCUT2D eigenvalue weighted by Crippen LogP contribution is 2.23. The van der Waals surface area contributed by atoms with E-state index in [1.54, 1.807) is 18.4 Å². The lowest BCUT2D eigenvalue weighted by atomic mass is 10.0. The number of piperidine rings is 1. The van der Waals surface area contributed by atoms with Crippen molar-refractivity contribution in [3.05, 3.63) is 45.9 Å². The Hall–Kier alpha value is -2.59. The van der Waals surface area contributed by atoms with Crippen LogP contribution in [0, 0.1) is 18.3 Å². The van der Waals surface area contributed by atoms with Crippen molar-refractivity contribution in [3.63, 3.8) is 0 Å². The number of rotatable bonds is 5. The molecule has 6 nitrogen and oxygen atoms in total. The van der Waals surface area contributed by atoms with Gasteiger partial charge in [-0.05, 0) is 31.9 Å². The number of anilines is 1. The molecule has 142 valence electrons. The van der Waals surface area contributed by atoms with Gasteiger partial charge in [0.25, 0.3) is 0 Å². The molecule has 3 rings (SSSR count). The molecule has 2 aromatic rings. The summed E-state index contributed by atoms with van der Waals surface area (Å²) in [5.74, 6) is 0.823. The second-order valence-electron chi connectivity index (χ2n) is 6.67. The maximum atomic E-state index is 9.37. The molecule has 1 saturated heterocycles. The van der Waals surface area contributed by atoms with Crippen LogP contribution < -0.4 is 15.5 Å². The molecule has 0 radical (unpaired) electrons. The Kier molecular flexibility index (Phi) is 6.66. The molecule has 1 unspecified atom stereocenters. The number of guanidine groups is 1. The van der Waals surface area contributed by atoms with Crippen LogP contribution in [0.5, 0.6) is 0 Å². The predicted octanol–water partition coefficient (Wildman–Crippen LogP) is 2.70. The van der Waals surface area contributed by atoms with Crippen molar-refractivity contribution >= 4 is 23.0 Å². The lowest BCUT2D eigenvalue weighted by Crippen LogP contribution is -2.51. The highest BCUT2D eigenvalue weighted by Gasteiger charge is 2.22. The molecule has 1 fully saturated rings. The van der Waals surface area contributed by atoms with Gasteiger partial charge in [0.2, 0.25) is 0 Å². The maximum absolute atomic E-state index is 9.37. The van der Waals surface area contributed by atoms with E-state index in [0.717, 1.165) is 61.1 Å². The summed E-state index contributed by atoms with van der Waals surface area (Å²) in [6.45, 7) is 4.73. The van der Waals surface area contributed by atoms with E-state index in [1.165, 1.54) is 4.88 Å². The quantitative estimate of drug-likeness (QED) is 0.614. The minimum Gasteiger partial charge on any atom is -0.368 e. The molecule has 2 heterocycles. The van der Waals surface area contributed by atoms with Crippen molar-refractivity contribution in [2.24, 2.45) is 4.99 Å². The zero-order chi connectivity index (χ0) is 19.1. The monoisotopic (exact) mass is 382 g/mol. The molecule has 7 heteroatoms. The van der Waals surface area contributed by atoms with Gasteiger partial charge in [-0.2, -0.15) is 5.26 Å². The summed E-state index contributed by atoms with van der Waals surface area (Å²) in [7, 11) is 1.80. The number of benzene rings is 1. The van der Waals surface area contributed by atoms with Crippen LogP contribution in [0.15, 0.2) is 35.5 Å². The summed E-state index contributed by atoms with van der Waals surface area (Å²) in [6.07, 6.45) is 5.00. The number of nitrogens with zero attached hydrogens (tertiary/aromatic N) is 4. The molecule has 1 aliphatic heterocycles. The number of nitrogens with one attached hydrogen (secondary N) is 2. The molecule has 1 atom stereocenters. The van der Waals surface area contributed by atoms with Gasteiger partial charge in [-0.15, -0.1) is 11.3 Å². The Bertz CT molecular complexity index is 822. The number of para-hydroxylation sites is 1. The third-order valence-corrected chi connectivity index (χ3v) is 5.62. The van der Waals surface area contributed by atoms with Gasteiger partial charge in [0.05, 0.1) is 16.3 Å². The van der Waals surface area contributed by atoms with E-state index < -0.39 is 0 Å². The summed E-state index contributed by atoms with van der Waals surface area (Å²) >= 11 is 1.74. The van der Waals surface area contributed by atoms with Crippen molar-refractivity contribution in [2.45, 2.75) is 32.2 Å². The highest BCUT2D eigenvalue weighted by atomic mass is 32.1. The molecule has 0 bridgehead atoms. The second-order valence-corrected chi connectivity index (χ2v) is 7.99. The Labute approximate surface area is 165 Å². The third-order valence-electron chi connectivity index (χ3n) is 4.65. The lowest BCUT2D eigenvalue weighted by molar-refractivity contribution is 0.468. The van der Waals surface area contributed by atoms with Gasteiger partial charge in [-0.25, -0.2) is 4.98 Å².